The summed E-state index contributed by atoms with van der Waals surface area (Å²) in [5.41, 5.74) is 0.744. The molecule has 0 aromatic carbocycles. The van der Waals surface area contributed by atoms with Crippen molar-refractivity contribution < 1.29 is 0 Å². The van der Waals surface area contributed by atoms with E-state index in [1.54, 1.807) is 23.9 Å². The molecule has 4 nitrogen and oxygen atoms in total. The molecule has 2 heterocycles. The minimum absolute atomic E-state index is 0.0200. The van der Waals surface area contributed by atoms with Crippen molar-refractivity contribution in [1.29, 1.82) is 0 Å². The zero-order valence-corrected chi connectivity index (χ0v) is 10.4. The van der Waals surface area contributed by atoms with Gasteiger partial charge < -0.3 is 4.57 Å². The van der Waals surface area contributed by atoms with Crippen LogP contribution in [0.4, 0.5) is 0 Å². The van der Waals surface area contributed by atoms with Crippen LogP contribution in [0.15, 0.2) is 27.7 Å². The highest BCUT2D eigenvalue weighted by molar-refractivity contribution is 9.10. The lowest BCUT2D eigenvalue weighted by molar-refractivity contribution is 0.757. The van der Waals surface area contributed by atoms with Crippen molar-refractivity contribution in [3.63, 3.8) is 0 Å². The first-order valence-electron chi connectivity index (χ1n) is 4.29. The number of hydrogen-bond donors (Lipinski definition) is 0. The predicted octanol–water partition coefficient (Wildman–Crippen LogP) is 1.82. The maximum Gasteiger partial charge on any atom is 0.253 e. The molecule has 0 N–H and O–H groups in total. The van der Waals surface area contributed by atoms with Crippen molar-refractivity contribution in [2.75, 3.05) is 0 Å². The van der Waals surface area contributed by atoms with E-state index < -0.39 is 0 Å². The number of hydrogen-bond acceptors (Lipinski definition) is 4. The van der Waals surface area contributed by atoms with Crippen LogP contribution in [0.5, 0.6) is 0 Å². The Morgan fingerprint density at radius 3 is 3.07 bits per heavy atom. The van der Waals surface area contributed by atoms with Gasteiger partial charge in [0.2, 0.25) is 0 Å². The topological polar surface area (TPSA) is 47.8 Å². The molecule has 2 rings (SSSR count). The molecule has 0 radical (unpaired) electrons. The second kappa shape index (κ2) is 4.24. The van der Waals surface area contributed by atoms with Gasteiger partial charge in [-0.2, -0.15) is 0 Å². The molecular weight excluding hydrogens is 278 g/mol. The average Bonchev–Trinajstić information content (AvgIpc) is 2.66. The van der Waals surface area contributed by atoms with Crippen LogP contribution in [0.2, 0.25) is 0 Å². The third-order valence-corrected chi connectivity index (χ3v) is 3.04. The lowest BCUT2D eigenvalue weighted by atomic mass is 10.3. The molecule has 0 aliphatic carbocycles. The van der Waals surface area contributed by atoms with Gasteiger partial charge in [-0.1, -0.05) is 4.49 Å². The molecule has 0 saturated carbocycles. The molecule has 0 aliphatic rings. The molecule has 0 amide bonds. The Kier molecular flexibility index (Phi) is 2.97. The lowest BCUT2D eigenvalue weighted by Gasteiger charge is -2.05. The highest BCUT2D eigenvalue weighted by Gasteiger charge is 2.04. The number of nitrogens with zero attached hydrogens (tertiary/aromatic N) is 3. The summed E-state index contributed by atoms with van der Waals surface area (Å²) in [6.45, 7) is 2.32. The van der Waals surface area contributed by atoms with E-state index in [-0.39, 0.29) is 5.56 Å². The summed E-state index contributed by atoms with van der Waals surface area (Å²) in [4.78, 5) is 12.7. The molecular formula is C9H8BrN3OS. The lowest BCUT2D eigenvalue weighted by Crippen LogP contribution is -2.21. The molecule has 0 atom stereocenters. The molecule has 0 fully saturated rings. The molecule has 0 unspecified atom stereocenters. The van der Waals surface area contributed by atoms with Crippen molar-refractivity contribution in [2.24, 2.45) is 0 Å². The van der Waals surface area contributed by atoms with Crippen LogP contribution in [0.3, 0.4) is 0 Å². The smallest absolute Gasteiger partial charge is 0.253 e. The van der Waals surface area contributed by atoms with Gasteiger partial charge in [0.05, 0.1) is 17.6 Å². The van der Waals surface area contributed by atoms with E-state index in [4.69, 9.17) is 0 Å². The van der Waals surface area contributed by atoms with Crippen LogP contribution < -0.4 is 5.56 Å². The SMILES string of the molecule is Cc1cc(Br)cn(Cc2cnns2)c1=O. The Morgan fingerprint density at radius 1 is 1.60 bits per heavy atom. The third kappa shape index (κ3) is 2.32. The molecule has 0 spiro atoms. The quantitative estimate of drug-likeness (QED) is 0.846. The van der Waals surface area contributed by atoms with Gasteiger partial charge in [-0.3, -0.25) is 4.79 Å². The van der Waals surface area contributed by atoms with Gasteiger partial charge in [0.1, 0.15) is 0 Å². The summed E-state index contributed by atoms with van der Waals surface area (Å²) in [5, 5.41) is 3.73. The maximum absolute atomic E-state index is 11.8. The van der Waals surface area contributed by atoms with E-state index in [2.05, 4.69) is 25.5 Å². The molecule has 0 aliphatic heterocycles. The van der Waals surface area contributed by atoms with Gasteiger partial charge in [0.15, 0.2) is 0 Å². The maximum atomic E-state index is 11.8. The fourth-order valence-corrected chi connectivity index (χ4v) is 2.36. The monoisotopic (exact) mass is 285 g/mol. The Labute approximate surface area is 98.9 Å². The summed E-state index contributed by atoms with van der Waals surface area (Å²) >= 11 is 4.67. The minimum atomic E-state index is 0.0200. The highest BCUT2D eigenvalue weighted by Crippen LogP contribution is 2.10. The van der Waals surface area contributed by atoms with Crippen LogP contribution >= 0.6 is 27.5 Å². The minimum Gasteiger partial charge on any atom is -0.309 e. The zero-order valence-electron chi connectivity index (χ0n) is 7.98. The van der Waals surface area contributed by atoms with Crippen LogP contribution in [0, 0.1) is 6.92 Å². The van der Waals surface area contributed by atoms with E-state index in [0.717, 1.165) is 14.9 Å². The predicted molar refractivity (Wildman–Crippen MR) is 62.2 cm³/mol. The van der Waals surface area contributed by atoms with E-state index in [0.29, 0.717) is 6.54 Å². The Morgan fingerprint density at radius 2 is 2.40 bits per heavy atom. The van der Waals surface area contributed by atoms with Gasteiger partial charge in [-0.15, -0.1) is 5.10 Å². The van der Waals surface area contributed by atoms with Gasteiger partial charge in [-0.05, 0) is 40.5 Å². The number of halogens is 1. The largest absolute Gasteiger partial charge is 0.309 e. The first-order valence-corrected chi connectivity index (χ1v) is 5.86. The Hall–Kier alpha value is -1.01. The first-order chi connectivity index (χ1) is 7.16. The summed E-state index contributed by atoms with van der Waals surface area (Å²) in [6, 6.07) is 1.81. The second-order valence-electron chi connectivity index (χ2n) is 3.16. The van der Waals surface area contributed by atoms with Crippen molar-refractivity contribution >= 4 is 27.5 Å². The van der Waals surface area contributed by atoms with Gasteiger partial charge in [0, 0.05) is 16.2 Å². The molecule has 6 heteroatoms. The third-order valence-electron chi connectivity index (χ3n) is 1.96. The highest BCUT2D eigenvalue weighted by atomic mass is 79.9. The summed E-state index contributed by atoms with van der Waals surface area (Å²) < 4.78 is 6.30. The van der Waals surface area contributed by atoms with Crippen LogP contribution in [0.25, 0.3) is 0 Å². The molecule has 0 saturated heterocycles. The standard InChI is InChI=1S/C9H8BrN3OS/c1-6-2-7(10)4-13(9(6)14)5-8-3-11-12-15-8/h2-4H,5H2,1H3. The fourth-order valence-electron chi connectivity index (χ4n) is 1.28. The Bertz CT molecular complexity index is 521. The number of rotatable bonds is 2. The van der Waals surface area contributed by atoms with E-state index >= 15 is 0 Å². The van der Waals surface area contributed by atoms with E-state index in [1.165, 1.54) is 11.5 Å². The van der Waals surface area contributed by atoms with Crippen molar-refractivity contribution in [3.05, 3.63) is 43.7 Å². The van der Waals surface area contributed by atoms with Crippen LogP contribution in [0.1, 0.15) is 10.4 Å². The van der Waals surface area contributed by atoms with Crippen molar-refractivity contribution in [3.8, 4) is 0 Å². The summed E-state index contributed by atoms with van der Waals surface area (Å²) in [7, 11) is 0. The Balaban J connectivity index is 2.41. The normalized spacial score (nSPS) is 10.5. The van der Waals surface area contributed by atoms with Crippen molar-refractivity contribution in [1.82, 2.24) is 14.2 Å². The summed E-state index contributed by atoms with van der Waals surface area (Å²) in [6.07, 6.45) is 3.45. The molecule has 15 heavy (non-hydrogen) atoms. The van der Waals surface area contributed by atoms with Gasteiger partial charge >= 0.3 is 0 Å². The van der Waals surface area contributed by atoms with E-state index in [9.17, 15) is 4.79 Å². The second-order valence-corrected chi connectivity index (χ2v) is 4.94. The number of aryl methyl sites for hydroxylation is 1. The van der Waals surface area contributed by atoms with Gasteiger partial charge in [-0.25, -0.2) is 0 Å². The number of aromatic nitrogens is 3. The molecule has 0 bridgehead atoms. The van der Waals surface area contributed by atoms with Crippen molar-refractivity contribution in [2.45, 2.75) is 13.5 Å². The first kappa shape index (κ1) is 10.5. The zero-order chi connectivity index (χ0) is 10.8. The summed E-state index contributed by atoms with van der Waals surface area (Å²) in [5.74, 6) is 0. The molecule has 78 valence electrons. The average molecular weight is 286 g/mol. The van der Waals surface area contributed by atoms with Gasteiger partial charge in [0.25, 0.3) is 5.56 Å². The molecule has 2 aromatic heterocycles. The van der Waals surface area contributed by atoms with Crippen LogP contribution in [-0.4, -0.2) is 14.2 Å². The van der Waals surface area contributed by atoms with Crippen LogP contribution in [-0.2, 0) is 6.54 Å². The number of pyridine rings is 1. The van der Waals surface area contributed by atoms with E-state index in [1.807, 2.05) is 6.07 Å². The fraction of sp³-hybridized carbons (Fsp3) is 0.222. The molecule has 2 aromatic rings.